The molecule has 3 heterocycles. The van der Waals surface area contributed by atoms with Gasteiger partial charge in [0.05, 0.1) is 15.9 Å². The first kappa shape index (κ1) is 15.7. The van der Waals surface area contributed by atoms with Crippen molar-refractivity contribution in [3.63, 3.8) is 0 Å². The summed E-state index contributed by atoms with van der Waals surface area (Å²) in [6, 6.07) is 7.48. The van der Waals surface area contributed by atoms with Crippen molar-refractivity contribution in [3.05, 3.63) is 50.6 Å². The van der Waals surface area contributed by atoms with Crippen LogP contribution in [0.15, 0.2) is 35.0 Å². The molecular formula is C16H10ClN3OS3. The third-order valence-electron chi connectivity index (χ3n) is 3.34. The second kappa shape index (κ2) is 6.25. The molecule has 4 rings (SSSR count). The molecule has 3 aromatic heterocycles. The number of carbonyl (C=O) groups excluding carboxylic acids is 1. The van der Waals surface area contributed by atoms with Gasteiger partial charge >= 0.3 is 0 Å². The van der Waals surface area contributed by atoms with Crippen LogP contribution in [-0.2, 0) is 0 Å². The zero-order valence-corrected chi connectivity index (χ0v) is 15.6. The monoisotopic (exact) mass is 391 g/mol. The molecule has 0 fully saturated rings. The van der Waals surface area contributed by atoms with Crippen LogP contribution >= 0.6 is 45.6 Å². The molecule has 0 spiro atoms. The molecule has 0 atom stereocenters. The van der Waals surface area contributed by atoms with E-state index >= 15 is 0 Å². The summed E-state index contributed by atoms with van der Waals surface area (Å²) in [4.78, 5) is 22.1. The number of aromatic nitrogens is 2. The molecule has 0 bridgehead atoms. The number of amides is 1. The summed E-state index contributed by atoms with van der Waals surface area (Å²) in [6.07, 6.45) is 0. The van der Waals surface area contributed by atoms with Crippen LogP contribution in [0.3, 0.4) is 0 Å². The molecule has 1 aromatic carbocycles. The first-order valence-electron chi connectivity index (χ1n) is 6.97. The second-order valence-electron chi connectivity index (χ2n) is 5.03. The average Bonchev–Trinajstić information content (AvgIpc) is 3.25. The number of aryl methyl sites for hydroxylation is 1. The largest absolute Gasteiger partial charge is 0.297 e. The van der Waals surface area contributed by atoms with E-state index in [-0.39, 0.29) is 5.91 Å². The van der Waals surface area contributed by atoms with Crippen molar-refractivity contribution in [2.24, 2.45) is 0 Å². The number of nitrogens with one attached hydrogen (secondary N) is 1. The number of rotatable bonds is 3. The lowest BCUT2D eigenvalue weighted by Crippen LogP contribution is -2.11. The fraction of sp³-hybridized carbons (Fsp3) is 0.0625. The van der Waals surface area contributed by atoms with Gasteiger partial charge in [0, 0.05) is 16.0 Å². The lowest BCUT2D eigenvalue weighted by molar-refractivity contribution is 0.103. The summed E-state index contributed by atoms with van der Waals surface area (Å²) in [5.41, 5.74) is 2.59. The van der Waals surface area contributed by atoms with E-state index < -0.39 is 0 Å². The molecule has 0 aliphatic heterocycles. The Morgan fingerprint density at radius 1 is 1.21 bits per heavy atom. The minimum atomic E-state index is -0.184. The van der Waals surface area contributed by atoms with E-state index in [1.165, 1.54) is 22.7 Å². The van der Waals surface area contributed by atoms with Crippen molar-refractivity contribution >= 4 is 66.9 Å². The van der Waals surface area contributed by atoms with Gasteiger partial charge in [0.1, 0.15) is 9.88 Å². The smallest absolute Gasteiger partial charge is 0.269 e. The van der Waals surface area contributed by atoms with E-state index in [1.807, 2.05) is 35.9 Å². The number of halogens is 1. The highest BCUT2D eigenvalue weighted by Gasteiger charge is 2.18. The Balaban J connectivity index is 1.61. The maximum Gasteiger partial charge on any atom is 0.269 e. The van der Waals surface area contributed by atoms with E-state index in [4.69, 9.17) is 11.6 Å². The molecule has 1 amide bonds. The highest BCUT2D eigenvalue weighted by atomic mass is 35.5. The topological polar surface area (TPSA) is 54.9 Å². The molecule has 0 aliphatic rings. The van der Waals surface area contributed by atoms with Crippen LogP contribution in [0.4, 0.5) is 5.13 Å². The highest BCUT2D eigenvalue weighted by Crippen LogP contribution is 2.32. The van der Waals surface area contributed by atoms with E-state index in [0.29, 0.717) is 15.0 Å². The number of carbonyl (C=O) groups is 1. The van der Waals surface area contributed by atoms with E-state index in [9.17, 15) is 4.79 Å². The van der Waals surface area contributed by atoms with Crippen LogP contribution in [0.1, 0.15) is 15.4 Å². The molecule has 4 aromatic rings. The number of hydrogen-bond acceptors (Lipinski definition) is 6. The average molecular weight is 392 g/mol. The Hall–Kier alpha value is -1.80. The van der Waals surface area contributed by atoms with Crippen LogP contribution in [-0.4, -0.2) is 15.9 Å². The van der Waals surface area contributed by atoms with Crippen molar-refractivity contribution in [3.8, 4) is 10.6 Å². The molecular weight excluding hydrogens is 382 g/mol. The second-order valence-corrected chi connectivity index (χ2v) is 8.28. The van der Waals surface area contributed by atoms with E-state index in [1.54, 1.807) is 17.4 Å². The lowest BCUT2D eigenvalue weighted by Gasteiger charge is -1.98. The normalized spacial score (nSPS) is 11.1. The third-order valence-corrected chi connectivity index (χ3v) is 6.40. The van der Waals surface area contributed by atoms with Gasteiger partial charge in [-0.1, -0.05) is 22.9 Å². The summed E-state index contributed by atoms with van der Waals surface area (Å²) >= 11 is 10.4. The molecule has 0 saturated carbocycles. The zero-order valence-electron chi connectivity index (χ0n) is 12.4. The van der Waals surface area contributed by atoms with Gasteiger partial charge in [0.15, 0.2) is 5.13 Å². The molecule has 120 valence electrons. The van der Waals surface area contributed by atoms with Gasteiger partial charge in [0.2, 0.25) is 0 Å². The van der Waals surface area contributed by atoms with Crippen molar-refractivity contribution in [2.45, 2.75) is 6.92 Å². The number of benzene rings is 1. The maximum absolute atomic E-state index is 12.6. The quantitative estimate of drug-likeness (QED) is 0.487. The lowest BCUT2D eigenvalue weighted by atomic mass is 10.3. The van der Waals surface area contributed by atoms with E-state index in [2.05, 4.69) is 15.3 Å². The Bertz CT molecular complexity index is 1040. The van der Waals surface area contributed by atoms with E-state index in [0.717, 1.165) is 26.5 Å². The molecule has 0 radical (unpaired) electrons. The fourth-order valence-electron chi connectivity index (χ4n) is 2.22. The third kappa shape index (κ3) is 2.95. The summed E-state index contributed by atoms with van der Waals surface area (Å²) in [5, 5.41) is 8.96. The first-order chi connectivity index (χ1) is 11.6. The highest BCUT2D eigenvalue weighted by molar-refractivity contribution is 7.22. The first-order valence-corrected chi connectivity index (χ1v) is 9.93. The molecule has 8 heteroatoms. The standard InChI is InChI=1S/C16H10ClN3OS3/c1-8-13(24-15(18-8)9-4-5-22-7-9)14(21)20-16-19-11-3-2-10(17)6-12(11)23-16/h2-7H,1H3,(H,19,20,21). The van der Waals surface area contributed by atoms with Gasteiger partial charge in [0.25, 0.3) is 5.91 Å². The molecule has 24 heavy (non-hydrogen) atoms. The van der Waals surface area contributed by atoms with Crippen LogP contribution in [0, 0.1) is 6.92 Å². The van der Waals surface area contributed by atoms with Gasteiger partial charge in [-0.05, 0) is 36.6 Å². The summed E-state index contributed by atoms with van der Waals surface area (Å²) in [5.74, 6) is -0.184. The van der Waals surface area contributed by atoms with Crippen molar-refractivity contribution in [2.75, 3.05) is 5.32 Å². The number of thiazole rings is 2. The van der Waals surface area contributed by atoms with Gasteiger partial charge < -0.3 is 0 Å². The molecule has 0 saturated heterocycles. The van der Waals surface area contributed by atoms with Crippen LogP contribution in [0.5, 0.6) is 0 Å². The Morgan fingerprint density at radius 2 is 2.08 bits per heavy atom. The molecule has 0 aliphatic carbocycles. The van der Waals surface area contributed by atoms with Gasteiger partial charge in [-0.2, -0.15) is 11.3 Å². The van der Waals surface area contributed by atoms with Crippen LogP contribution in [0.25, 0.3) is 20.8 Å². The number of nitrogens with zero attached hydrogens (tertiary/aromatic N) is 2. The zero-order chi connectivity index (χ0) is 16.7. The summed E-state index contributed by atoms with van der Waals surface area (Å²) in [6.45, 7) is 1.85. The van der Waals surface area contributed by atoms with Crippen LogP contribution < -0.4 is 5.32 Å². The summed E-state index contributed by atoms with van der Waals surface area (Å²) in [7, 11) is 0. The maximum atomic E-state index is 12.6. The number of anilines is 1. The predicted octanol–water partition coefficient (Wildman–Crippen LogP) is 5.70. The minimum absolute atomic E-state index is 0.184. The van der Waals surface area contributed by atoms with Crippen molar-refractivity contribution in [1.29, 1.82) is 0 Å². The Kier molecular flexibility index (Phi) is 4.09. The number of fused-ring (bicyclic) bond motifs is 1. The summed E-state index contributed by atoms with van der Waals surface area (Å²) < 4.78 is 0.942. The van der Waals surface area contributed by atoms with Gasteiger partial charge in [-0.25, -0.2) is 9.97 Å². The van der Waals surface area contributed by atoms with Crippen molar-refractivity contribution < 1.29 is 4.79 Å². The molecule has 1 N–H and O–H groups in total. The van der Waals surface area contributed by atoms with Crippen molar-refractivity contribution in [1.82, 2.24) is 9.97 Å². The molecule has 0 unspecified atom stereocenters. The number of hydrogen-bond donors (Lipinski definition) is 1. The number of thiophene rings is 1. The minimum Gasteiger partial charge on any atom is -0.297 e. The fourth-order valence-corrected chi connectivity index (χ4v) is 5.03. The van der Waals surface area contributed by atoms with Gasteiger partial charge in [-0.15, -0.1) is 11.3 Å². The van der Waals surface area contributed by atoms with Crippen LogP contribution in [0.2, 0.25) is 5.02 Å². The SMILES string of the molecule is Cc1nc(-c2ccsc2)sc1C(=O)Nc1nc2ccc(Cl)cc2s1. The predicted molar refractivity (Wildman–Crippen MR) is 103 cm³/mol. The Labute approximate surface area is 154 Å². The van der Waals surface area contributed by atoms with Gasteiger partial charge in [-0.3, -0.25) is 10.1 Å². The Morgan fingerprint density at radius 3 is 2.88 bits per heavy atom. The molecule has 4 nitrogen and oxygen atoms in total.